The molecule has 0 aliphatic heterocycles. The van der Waals surface area contributed by atoms with Crippen molar-refractivity contribution in [3.8, 4) is 23.0 Å². The molecule has 0 fully saturated rings. The molecular formula is C27H26N2O7. The summed E-state index contributed by atoms with van der Waals surface area (Å²) >= 11 is 0. The van der Waals surface area contributed by atoms with E-state index in [1.807, 2.05) is 42.5 Å². The van der Waals surface area contributed by atoms with Gasteiger partial charge in [-0.3, -0.25) is 14.9 Å². The molecule has 0 aromatic heterocycles. The maximum atomic E-state index is 12.6. The van der Waals surface area contributed by atoms with E-state index in [-0.39, 0.29) is 17.3 Å². The van der Waals surface area contributed by atoms with Crippen LogP contribution in [-0.4, -0.2) is 39.3 Å². The number of amides is 1. The van der Waals surface area contributed by atoms with Crippen molar-refractivity contribution in [1.82, 2.24) is 0 Å². The highest BCUT2D eigenvalue weighted by Gasteiger charge is 2.14. The molecule has 186 valence electrons. The maximum Gasteiger partial charge on any atom is 0.310 e. The van der Waals surface area contributed by atoms with Crippen LogP contribution in [0.4, 0.5) is 11.4 Å². The minimum atomic E-state index is -0.526. The van der Waals surface area contributed by atoms with Crippen LogP contribution in [0.15, 0.2) is 60.7 Å². The van der Waals surface area contributed by atoms with Crippen LogP contribution >= 0.6 is 0 Å². The molecule has 0 spiro atoms. The second-order valence-electron chi connectivity index (χ2n) is 7.39. The first-order chi connectivity index (χ1) is 17.4. The number of anilines is 1. The van der Waals surface area contributed by atoms with Gasteiger partial charge in [-0.15, -0.1) is 0 Å². The predicted octanol–water partition coefficient (Wildman–Crippen LogP) is 5.45. The Morgan fingerprint density at radius 2 is 1.44 bits per heavy atom. The van der Waals surface area contributed by atoms with Gasteiger partial charge in [-0.25, -0.2) is 0 Å². The average Bonchev–Trinajstić information content (AvgIpc) is 2.90. The van der Waals surface area contributed by atoms with Crippen molar-refractivity contribution >= 4 is 35.5 Å². The molecule has 3 aromatic rings. The number of ether oxygens (including phenoxy) is 4. The molecule has 0 saturated heterocycles. The number of nitrogens with one attached hydrogen (secondary N) is 1. The van der Waals surface area contributed by atoms with Crippen LogP contribution in [0, 0.1) is 10.1 Å². The van der Waals surface area contributed by atoms with Crippen molar-refractivity contribution < 1.29 is 28.7 Å². The number of carbonyl (C=O) groups excluding carboxylic acids is 1. The first kappa shape index (κ1) is 25.8. The Morgan fingerprint density at radius 3 is 2.06 bits per heavy atom. The van der Waals surface area contributed by atoms with Crippen molar-refractivity contribution in [1.29, 1.82) is 0 Å². The standard InChI is InChI=1S/C27H26N2O7/c1-33-23-15-18(10-13-22(23)29(31)32)11-14-26(30)28-21-8-6-5-7-20(21)12-9-19-16-24(34-2)27(36-4)25(17-19)35-3/h5-17H,1-4H3,(H,28,30)/b12-9?,14-11+. The SMILES string of the molecule is COc1cc(/C=C/C(=O)Nc2ccccc2C=Cc2cc(OC)c(OC)c(OC)c2)ccc1[N+](=O)[O-]. The van der Waals surface area contributed by atoms with E-state index in [9.17, 15) is 14.9 Å². The molecule has 0 aliphatic rings. The van der Waals surface area contributed by atoms with E-state index < -0.39 is 4.92 Å². The molecule has 3 rings (SSSR count). The maximum absolute atomic E-state index is 12.6. The van der Waals surface area contributed by atoms with Gasteiger partial charge in [0.25, 0.3) is 0 Å². The van der Waals surface area contributed by atoms with E-state index >= 15 is 0 Å². The molecule has 0 heterocycles. The molecule has 0 bridgehead atoms. The number of hydrogen-bond donors (Lipinski definition) is 1. The van der Waals surface area contributed by atoms with Gasteiger partial charge in [-0.1, -0.05) is 30.4 Å². The largest absolute Gasteiger partial charge is 0.493 e. The Balaban J connectivity index is 1.79. The topological polar surface area (TPSA) is 109 Å². The highest BCUT2D eigenvalue weighted by molar-refractivity contribution is 6.03. The molecular weight excluding hydrogens is 464 g/mol. The van der Waals surface area contributed by atoms with E-state index in [0.29, 0.717) is 28.5 Å². The van der Waals surface area contributed by atoms with Crippen molar-refractivity contribution in [3.63, 3.8) is 0 Å². The van der Waals surface area contributed by atoms with Gasteiger partial charge in [0, 0.05) is 17.8 Å². The minimum Gasteiger partial charge on any atom is -0.493 e. The molecule has 1 amide bonds. The van der Waals surface area contributed by atoms with E-state index in [1.165, 1.54) is 25.3 Å². The molecule has 1 N–H and O–H groups in total. The molecule has 9 heteroatoms. The van der Waals surface area contributed by atoms with Gasteiger partial charge in [-0.2, -0.15) is 0 Å². The third-order valence-corrected chi connectivity index (χ3v) is 5.19. The van der Waals surface area contributed by atoms with Crippen LogP contribution in [0.25, 0.3) is 18.2 Å². The Kier molecular flexibility index (Phi) is 8.66. The number of methoxy groups -OCH3 is 4. The molecule has 9 nitrogen and oxygen atoms in total. The second-order valence-corrected chi connectivity index (χ2v) is 7.39. The van der Waals surface area contributed by atoms with Crippen molar-refractivity contribution in [2.45, 2.75) is 0 Å². The number of nitrogens with zero attached hydrogens (tertiary/aromatic N) is 1. The molecule has 3 aromatic carbocycles. The summed E-state index contributed by atoms with van der Waals surface area (Å²) in [4.78, 5) is 23.1. The molecule has 0 saturated carbocycles. The Morgan fingerprint density at radius 1 is 0.806 bits per heavy atom. The molecule has 36 heavy (non-hydrogen) atoms. The number of para-hydroxylation sites is 1. The third-order valence-electron chi connectivity index (χ3n) is 5.19. The van der Waals surface area contributed by atoms with Crippen molar-refractivity contribution in [2.24, 2.45) is 0 Å². The molecule has 0 unspecified atom stereocenters. The summed E-state index contributed by atoms with van der Waals surface area (Å²) in [6, 6.07) is 15.3. The Hall–Kier alpha value is -4.79. The van der Waals surface area contributed by atoms with E-state index in [0.717, 1.165) is 11.1 Å². The zero-order chi connectivity index (χ0) is 26.1. The fraction of sp³-hybridized carbons (Fsp3) is 0.148. The Bertz CT molecular complexity index is 1290. The van der Waals surface area contributed by atoms with Gasteiger partial charge in [-0.05, 0) is 53.1 Å². The van der Waals surface area contributed by atoms with Crippen LogP contribution in [0.1, 0.15) is 16.7 Å². The Labute approximate surface area is 208 Å². The quantitative estimate of drug-likeness (QED) is 0.174. The zero-order valence-corrected chi connectivity index (χ0v) is 20.3. The zero-order valence-electron chi connectivity index (χ0n) is 20.3. The summed E-state index contributed by atoms with van der Waals surface area (Å²) in [6.07, 6.45) is 6.63. The third kappa shape index (κ3) is 6.20. The number of hydrogen-bond acceptors (Lipinski definition) is 7. The monoisotopic (exact) mass is 490 g/mol. The predicted molar refractivity (Wildman–Crippen MR) is 139 cm³/mol. The summed E-state index contributed by atoms with van der Waals surface area (Å²) in [5, 5.41) is 13.9. The number of carbonyl (C=O) groups is 1. The number of nitro benzene ring substituents is 1. The van der Waals surface area contributed by atoms with Crippen LogP contribution in [0.3, 0.4) is 0 Å². The summed E-state index contributed by atoms with van der Waals surface area (Å²) < 4.78 is 21.2. The van der Waals surface area contributed by atoms with E-state index in [4.69, 9.17) is 18.9 Å². The van der Waals surface area contributed by atoms with Gasteiger partial charge in [0.1, 0.15) is 0 Å². The van der Waals surface area contributed by atoms with Crippen molar-refractivity contribution in [2.75, 3.05) is 33.8 Å². The summed E-state index contributed by atoms with van der Waals surface area (Å²) in [7, 11) is 6.00. The first-order valence-corrected chi connectivity index (χ1v) is 10.8. The first-order valence-electron chi connectivity index (χ1n) is 10.8. The number of rotatable bonds is 10. The van der Waals surface area contributed by atoms with Gasteiger partial charge in [0.15, 0.2) is 17.2 Å². The van der Waals surface area contributed by atoms with Gasteiger partial charge < -0.3 is 24.3 Å². The summed E-state index contributed by atoms with van der Waals surface area (Å²) in [5.74, 6) is 1.32. The lowest BCUT2D eigenvalue weighted by Gasteiger charge is -2.13. The van der Waals surface area contributed by atoms with Crippen LogP contribution < -0.4 is 24.3 Å². The lowest BCUT2D eigenvalue weighted by Crippen LogP contribution is -2.08. The van der Waals surface area contributed by atoms with E-state index in [2.05, 4.69) is 5.32 Å². The van der Waals surface area contributed by atoms with E-state index in [1.54, 1.807) is 39.5 Å². The molecule has 0 aliphatic carbocycles. The smallest absolute Gasteiger partial charge is 0.310 e. The molecule has 0 atom stereocenters. The fourth-order valence-corrected chi connectivity index (χ4v) is 3.43. The lowest BCUT2D eigenvalue weighted by atomic mass is 10.1. The minimum absolute atomic E-state index is 0.116. The second kappa shape index (κ2) is 12.1. The highest BCUT2D eigenvalue weighted by Crippen LogP contribution is 2.38. The summed E-state index contributed by atoms with van der Waals surface area (Å²) in [5.41, 5.74) is 2.65. The van der Waals surface area contributed by atoms with Crippen LogP contribution in [0.2, 0.25) is 0 Å². The van der Waals surface area contributed by atoms with Crippen LogP contribution in [-0.2, 0) is 4.79 Å². The lowest BCUT2D eigenvalue weighted by molar-refractivity contribution is -0.385. The number of nitro groups is 1. The van der Waals surface area contributed by atoms with Crippen molar-refractivity contribution in [3.05, 3.63) is 87.5 Å². The highest BCUT2D eigenvalue weighted by atomic mass is 16.6. The molecule has 0 radical (unpaired) electrons. The van der Waals surface area contributed by atoms with Gasteiger partial charge >= 0.3 is 5.69 Å². The fourth-order valence-electron chi connectivity index (χ4n) is 3.43. The van der Waals surface area contributed by atoms with Crippen LogP contribution in [0.5, 0.6) is 23.0 Å². The normalized spacial score (nSPS) is 10.9. The van der Waals surface area contributed by atoms with Gasteiger partial charge in [0.2, 0.25) is 11.7 Å². The average molecular weight is 491 g/mol. The number of benzene rings is 3. The summed E-state index contributed by atoms with van der Waals surface area (Å²) in [6.45, 7) is 0. The van der Waals surface area contributed by atoms with Gasteiger partial charge in [0.05, 0.1) is 33.4 Å².